The maximum absolute atomic E-state index is 12.7. The lowest BCUT2D eigenvalue weighted by atomic mass is 10.1. The van der Waals surface area contributed by atoms with Gasteiger partial charge in [-0.25, -0.2) is 9.97 Å². The van der Waals surface area contributed by atoms with Crippen LogP contribution in [0, 0.1) is 0 Å². The summed E-state index contributed by atoms with van der Waals surface area (Å²) in [5.41, 5.74) is 0.769. The topological polar surface area (TPSA) is 95.6 Å². The van der Waals surface area contributed by atoms with E-state index >= 15 is 0 Å². The molecule has 0 saturated carbocycles. The van der Waals surface area contributed by atoms with E-state index in [-0.39, 0.29) is 25.0 Å². The molecule has 4 aromatic rings. The Morgan fingerprint density at radius 2 is 1.00 bits per heavy atom. The van der Waals surface area contributed by atoms with Crippen molar-refractivity contribution in [3.05, 3.63) is 106 Å². The number of halogens is 6. The third-order valence-corrected chi connectivity index (χ3v) is 6.53. The van der Waals surface area contributed by atoms with Gasteiger partial charge in [0, 0.05) is 25.0 Å². The molecule has 45 heavy (non-hydrogen) atoms. The Balaban J connectivity index is 0.967. The third kappa shape index (κ3) is 9.62. The number of aromatic nitrogens is 2. The Bertz CT molecular complexity index is 1470. The SMILES string of the molecule is FC(F)(F)c1ccc(/C=C/c2nc(COCCC3(CCOCc4coc(/C=C/c5ccc(C(F)(F)F)cc5)n4)OO3)co2)cc1. The van der Waals surface area contributed by atoms with E-state index in [0.717, 1.165) is 24.3 Å². The zero-order valence-electron chi connectivity index (χ0n) is 23.4. The lowest BCUT2D eigenvalue weighted by Crippen LogP contribution is -2.17. The molecule has 0 radical (unpaired) electrons. The van der Waals surface area contributed by atoms with Crippen LogP contribution in [0.4, 0.5) is 26.3 Å². The fourth-order valence-corrected chi connectivity index (χ4v) is 3.99. The summed E-state index contributed by atoms with van der Waals surface area (Å²) in [6, 6.07) is 9.45. The van der Waals surface area contributed by atoms with Gasteiger partial charge in [-0.05, 0) is 47.5 Å². The summed E-state index contributed by atoms with van der Waals surface area (Å²) in [6.45, 7) is 0.959. The Labute approximate surface area is 252 Å². The standard InChI is InChI=1S/C31H26F6N2O6/c32-30(33,34)23-7-1-21(2-8-23)5-11-27-38-25(19-42-27)17-40-15-13-29(44-45-29)14-16-41-18-26-20-43-28(39-26)12-6-22-3-9-24(10-4-22)31(35,36)37/h1-12,19-20H,13-18H2/b11-5+,12-6+. The first-order valence-corrected chi connectivity index (χ1v) is 13.6. The Morgan fingerprint density at radius 3 is 1.36 bits per heavy atom. The molecule has 1 saturated heterocycles. The first kappa shape index (κ1) is 32.2. The van der Waals surface area contributed by atoms with Gasteiger partial charge in [0.15, 0.2) is 0 Å². The molecule has 2 aromatic heterocycles. The summed E-state index contributed by atoms with van der Waals surface area (Å²) in [7, 11) is 0. The molecule has 1 aliphatic heterocycles. The molecule has 8 nitrogen and oxygen atoms in total. The Hall–Kier alpha value is -4.24. The van der Waals surface area contributed by atoms with Crippen molar-refractivity contribution >= 4 is 24.3 Å². The molecule has 1 aliphatic rings. The molecule has 2 aromatic carbocycles. The number of hydrogen-bond acceptors (Lipinski definition) is 8. The highest BCUT2D eigenvalue weighted by atomic mass is 19.4. The number of hydrogen-bond donors (Lipinski definition) is 0. The van der Waals surface area contributed by atoms with Gasteiger partial charge in [-0.1, -0.05) is 24.3 Å². The minimum Gasteiger partial charge on any atom is -0.445 e. The van der Waals surface area contributed by atoms with Gasteiger partial charge in [0.2, 0.25) is 17.6 Å². The van der Waals surface area contributed by atoms with Crippen LogP contribution in [0.15, 0.2) is 69.9 Å². The first-order chi connectivity index (χ1) is 21.5. The van der Waals surface area contributed by atoms with Crippen LogP contribution >= 0.6 is 0 Å². The fourth-order valence-electron chi connectivity index (χ4n) is 3.99. The van der Waals surface area contributed by atoms with E-state index in [4.69, 9.17) is 28.1 Å². The van der Waals surface area contributed by atoms with Crippen LogP contribution < -0.4 is 0 Å². The Morgan fingerprint density at radius 1 is 0.600 bits per heavy atom. The summed E-state index contributed by atoms with van der Waals surface area (Å²) in [5, 5.41) is 0. The number of oxazole rings is 2. The zero-order chi connectivity index (χ0) is 31.9. The lowest BCUT2D eigenvalue weighted by Gasteiger charge is -2.08. The predicted molar refractivity (Wildman–Crippen MR) is 147 cm³/mol. The van der Waals surface area contributed by atoms with Crippen LogP contribution in [0.5, 0.6) is 0 Å². The van der Waals surface area contributed by atoms with Crippen LogP contribution in [-0.4, -0.2) is 29.0 Å². The molecule has 238 valence electrons. The molecule has 0 unspecified atom stereocenters. The number of nitrogens with zero attached hydrogens (tertiary/aromatic N) is 2. The number of rotatable bonds is 14. The summed E-state index contributed by atoms with van der Waals surface area (Å²) < 4.78 is 98.1. The van der Waals surface area contributed by atoms with Crippen LogP contribution in [-0.2, 0) is 44.8 Å². The van der Waals surface area contributed by atoms with E-state index in [1.807, 2.05) is 0 Å². The second-order valence-corrected chi connectivity index (χ2v) is 9.94. The first-order valence-electron chi connectivity index (χ1n) is 13.6. The highest BCUT2D eigenvalue weighted by molar-refractivity contribution is 5.66. The minimum atomic E-state index is -4.39. The monoisotopic (exact) mass is 636 g/mol. The number of benzene rings is 2. The molecule has 0 atom stereocenters. The normalized spacial score (nSPS) is 15.0. The largest absolute Gasteiger partial charge is 0.445 e. The van der Waals surface area contributed by atoms with Crippen molar-refractivity contribution in [2.24, 2.45) is 0 Å². The van der Waals surface area contributed by atoms with E-state index < -0.39 is 29.3 Å². The second kappa shape index (κ2) is 13.8. The van der Waals surface area contributed by atoms with Gasteiger partial charge in [0.05, 0.1) is 37.6 Å². The minimum absolute atomic E-state index is 0.173. The zero-order valence-corrected chi connectivity index (χ0v) is 23.4. The molecule has 0 aliphatic carbocycles. The third-order valence-electron chi connectivity index (χ3n) is 6.53. The van der Waals surface area contributed by atoms with Crippen molar-refractivity contribution < 1.29 is 54.4 Å². The molecular weight excluding hydrogens is 610 g/mol. The van der Waals surface area contributed by atoms with Gasteiger partial charge >= 0.3 is 12.4 Å². The van der Waals surface area contributed by atoms with Crippen molar-refractivity contribution in [3.63, 3.8) is 0 Å². The van der Waals surface area contributed by atoms with Crippen LogP contribution in [0.3, 0.4) is 0 Å². The average molecular weight is 637 g/mol. The second-order valence-electron chi connectivity index (χ2n) is 9.94. The molecule has 1 fully saturated rings. The molecular formula is C31H26F6N2O6. The summed E-state index contributed by atoms with van der Waals surface area (Å²) in [6.07, 6.45) is 1.25. The smallest absolute Gasteiger partial charge is 0.416 e. The van der Waals surface area contributed by atoms with Crippen molar-refractivity contribution in [3.8, 4) is 0 Å². The maximum atomic E-state index is 12.7. The van der Waals surface area contributed by atoms with Crippen molar-refractivity contribution in [2.75, 3.05) is 13.2 Å². The van der Waals surface area contributed by atoms with Crippen LogP contribution in [0.2, 0.25) is 0 Å². The van der Waals surface area contributed by atoms with E-state index in [9.17, 15) is 26.3 Å². The molecule has 0 bridgehead atoms. The van der Waals surface area contributed by atoms with Gasteiger partial charge in [0.25, 0.3) is 0 Å². The average Bonchev–Trinajstić information content (AvgIpc) is 3.38. The lowest BCUT2D eigenvalue weighted by molar-refractivity contribution is -0.138. The molecule has 0 amide bonds. The summed E-state index contributed by atoms with van der Waals surface area (Å²) in [5.74, 6) is -0.241. The van der Waals surface area contributed by atoms with Crippen molar-refractivity contribution in [1.29, 1.82) is 0 Å². The van der Waals surface area contributed by atoms with Gasteiger partial charge in [-0.2, -0.15) is 36.1 Å². The predicted octanol–water partition coefficient (Wildman–Crippen LogP) is 8.21. The molecule has 5 rings (SSSR count). The maximum Gasteiger partial charge on any atom is 0.416 e. The van der Waals surface area contributed by atoms with E-state index in [2.05, 4.69) is 9.97 Å². The Kier molecular flexibility index (Phi) is 9.87. The van der Waals surface area contributed by atoms with Crippen molar-refractivity contribution in [2.45, 2.75) is 44.2 Å². The van der Waals surface area contributed by atoms with E-state index in [1.54, 1.807) is 24.3 Å². The highest BCUT2D eigenvalue weighted by Crippen LogP contribution is 2.37. The molecule has 0 N–H and O–H groups in total. The fraction of sp³-hybridized carbons (Fsp3) is 0.290. The van der Waals surface area contributed by atoms with Gasteiger partial charge in [-0.15, -0.1) is 0 Å². The molecule has 3 heterocycles. The number of alkyl halides is 6. The van der Waals surface area contributed by atoms with Gasteiger partial charge in [-0.3, -0.25) is 0 Å². The van der Waals surface area contributed by atoms with Crippen molar-refractivity contribution in [1.82, 2.24) is 9.97 Å². The molecule has 0 spiro atoms. The van der Waals surface area contributed by atoms with Crippen LogP contribution in [0.25, 0.3) is 24.3 Å². The number of ether oxygens (including phenoxy) is 2. The summed E-state index contributed by atoms with van der Waals surface area (Å²) >= 11 is 0. The quantitative estimate of drug-likeness (QED) is 0.0592. The van der Waals surface area contributed by atoms with E-state index in [1.165, 1.54) is 36.8 Å². The van der Waals surface area contributed by atoms with Gasteiger partial charge < -0.3 is 18.3 Å². The molecule has 14 heteroatoms. The van der Waals surface area contributed by atoms with Crippen LogP contribution in [0.1, 0.15) is 58.3 Å². The van der Waals surface area contributed by atoms with Gasteiger partial charge in [0.1, 0.15) is 23.9 Å². The highest BCUT2D eigenvalue weighted by Gasteiger charge is 2.48. The van der Waals surface area contributed by atoms with E-state index in [0.29, 0.717) is 48.6 Å². The summed E-state index contributed by atoms with van der Waals surface area (Å²) in [4.78, 5) is 18.8.